The molecule has 0 radical (unpaired) electrons. The largest absolute Gasteiger partial charge is 0.474 e. The Balaban J connectivity index is 1.35. The summed E-state index contributed by atoms with van der Waals surface area (Å²) in [6.45, 7) is 6.58. The highest BCUT2D eigenvalue weighted by molar-refractivity contribution is 6.05. The average Bonchev–Trinajstić information content (AvgIpc) is 3.45. The summed E-state index contributed by atoms with van der Waals surface area (Å²) in [6, 6.07) is 3.64. The molecule has 1 saturated heterocycles. The van der Waals surface area contributed by atoms with E-state index in [1.54, 1.807) is 33.5 Å². The van der Waals surface area contributed by atoms with Crippen molar-refractivity contribution in [1.29, 1.82) is 0 Å². The predicted molar refractivity (Wildman–Crippen MR) is 130 cm³/mol. The molecule has 3 aromatic rings. The van der Waals surface area contributed by atoms with Crippen LogP contribution in [0.4, 0.5) is 5.69 Å². The van der Waals surface area contributed by atoms with Gasteiger partial charge >= 0.3 is 0 Å². The van der Waals surface area contributed by atoms with Gasteiger partial charge in [-0.15, -0.1) is 0 Å². The summed E-state index contributed by atoms with van der Waals surface area (Å²) >= 11 is 0. The van der Waals surface area contributed by atoms with Crippen molar-refractivity contribution in [2.24, 2.45) is 0 Å². The maximum atomic E-state index is 13.4. The van der Waals surface area contributed by atoms with Gasteiger partial charge in [0, 0.05) is 30.0 Å². The van der Waals surface area contributed by atoms with Gasteiger partial charge in [0.15, 0.2) is 0 Å². The van der Waals surface area contributed by atoms with Gasteiger partial charge in [-0.2, -0.15) is 4.98 Å². The first-order valence-corrected chi connectivity index (χ1v) is 12.5. The van der Waals surface area contributed by atoms with E-state index in [1.165, 1.54) is 0 Å². The van der Waals surface area contributed by atoms with Crippen molar-refractivity contribution in [3.8, 4) is 5.88 Å². The van der Waals surface area contributed by atoms with Crippen LogP contribution in [-0.4, -0.2) is 43.2 Å². The summed E-state index contributed by atoms with van der Waals surface area (Å²) in [5, 5.41) is 2.79. The molecular formula is C26H31N5O4. The lowest BCUT2D eigenvalue weighted by molar-refractivity contribution is -0.00627. The van der Waals surface area contributed by atoms with Crippen LogP contribution in [0.3, 0.4) is 0 Å². The number of carbonyl (C=O) groups is 1. The van der Waals surface area contributed by atoms with Crippen LogP contribution in [0.15, 0.2) is 35.5 Å². The molecule has 3 aliphatic rings. The second-order valence-electron chi connectivity index (χ2n) is 10.8. The fourth-order valence-electron chi connectivity index (χ4n) is 5.63. The van der Waals surface area contributed by atoms with E-state index in [0.29, 0.717) is 12.4 Å². The highest BCUT2D eigenvalue weighted by atomic mass is 16.5. The third-order valence-corrected chi connectivity index (χ3v) is 7.78. The van der Waals surface area contributed by atoms with E-state index >= 15 is 0 Å². The molecule has 3 aromatic heterocycles. The van der Waals surface area contributed by atoms with Crippen molar-refractivity contribution in [3.05, 3.63) is 52.3 Å². The van der Waals surface area contributed by atoms with Crippen molar-refractivity contribution in [2.45, 2.75) is 82.5 Å². The number of ether oxygens (including phenoxy) is 2. The van der Waals surface area contributed by atoms with Gasteiger partial charge in [-0.1, -0.05) is 0 Å². The lowest BCUT2D eigenvalue weighted by Gasteiger charge is -2.27. The number of pyridine rings is 1. The minimum absolute atomic E-state index is 0.0811. The van der Waals surface area contributed by atoms with Crippen LogP contribution in [0.5, 0.6) is 5.88 Å². The maximum Gasteiger partial charge on any atom is 0.274 e. The van der Waals surface area contributed by atoms with Gasteiger partial charge in [0.2, 0.25) is 11.7 Å². The molecule has 9 nitrogen and oxygen atoms in total. The zero-order valence-corrected chi connectivity index (χ0v) is 20.4. The lowest BCUT2D eigenvalue weighted by Crippen LogP contribution is -2.31. The summed E-state index contributed by atoms with van der Waals surface area (Å²) in [5.41, 5.74) is 1.05. The highest BCUT2D eigenvalue weighted by Gasteiger charge is 2.55. The molecule has 3 fully saturated rings. The van der Waals surface area contributed by atoms with Crippen molar-refractivity contribution in [2.75, 3.05) is 11.9 Å². The van der Waals surface area contributed by atoms with Gasteiger partial charge in [-0.25, -0.2) is 4.98 Å². The van der Waals surface area contributed by atoms with Gasteiger partial charge in [0.25, 0.3) is 11.5 Å². The van der Waals surface area contributed by atoms with E-state index in [-0.39, 0.29) is 45.9 Å². The number of hydrogen-bond donors (Lipinski definition) is 1. The molecule has 2 aliphatic carbocycles. The molecule has 9 heteroatoms. The number of anilines is 1. The van der Waals surface area contributed by atoms with Crippen molar-refractivity contribution in [3.63, 3.8) is 0 Å². The number of aromatic nitrogens is 4. The molecule has 0 aromatic carbocycles. The Kier molecular flexibility index (Phi) is 5.03. The number of nitrogens with one attached hydrogen (secondary N) is 1. The molecule has 4 heterocycles. The number of carbonyl (C=O) groups excluding carboxylic acids is 1. The molecule has 0 spiro atoms. The maximum absolute atomic E-state index is 13.4. The molecule has 1 N–H and O–H groups in total. The van der Waals surface area contributed by atoms with Crippen LogP contribution < -0.4 is 15.6 Å². The molecule has 6 rings (SSSR count). The first-order chi connectivity index (χ1) is 16.8. The quantitative estimate of drug-likeness (QED) is 0.579. The van der Waals surface area contributed by atoms with Crippen LogP contribution >= 0.6 is 0 Å². The van der Waals surface area contributed by atoms with Crippen molar-refractivity contribution in [1.82, 2.24) is 18.9 Å². The minimum Gasteiger partial charge on any atom is -0.474 e. The number of fused-ring (bicyclic) bond motifs is 3. The topological polar surface area (TPSA) is 99.8 Å². The molecule has 35 heavy (non-hydrogen) atoms. The summed E-state index contributed by atoms with van der Waals surface area (Å²) in [7, 11) is 0. The molecule has 2 bridgehead atoms. The summed E-state index contributed by atoms with van der Waals surface area (Å²) in [4.78, 5) is 35.8. The van der Waals surface area contributed by atoms with Gasteiger partial charge in [-0.05, 0) is 71.4 Å². The highest BCUT2D eigenvalue weighted by Crippen LogP contribution is 2.53. The second kappa shape index (κ2) is 7.91. The molecule has 184 valence electrons. The van der Waals surface area contributed by atoms with Crippen LogP contribution in [-0.2, 0) is 10.2 Å². The lowest BCUT2D eigenvalue weighted by atomic mass is 9.84. The zero-order valence-electron chi connectivity index (χ0n) is 20.4. The summed E-state index contributed by atoms with van der Waals surface area (Å²) in [5.74, 6) is 0.243. The fraction of sp³-hybridized carbons (Fsp3) is 0.538. The Morgan fingerprint density at radius 3 is 2.71 bits per heavy atom. The number of imidazole rings is 1. The van der Waals surface area contributed by atoms with E-state index < -0.39 is 5.91 Å². The number of amides is 1. The standard InChI is InChI=1S/C26H31N5O4/c1-16(2)35-22-18(21(32)27-19-8-5-11-31(23(19)33)17-6-4-7-17)12-30-13-20(28-24(30)29-22)26-10-9-25(3,14-26)34-15-26/h5,8,11-13,16-17H,4,6-7,9-10,14-15H2,1-3H3,(H,27,32)/t25-,26-/m0/s1. The Labute approximate surface area is 203 Å². The second-order valence-corrected chi connectivity index (χ2v) is 10.8. The smallest absolute Gasteiger partial charge is 0.274 e. The third-order valence-electron chi connectivity index (χ3n) is 7.78. The van der Waals surface area contributed by atoms with Crippen LogP contribution in [0, 0.1) is 0 Å². The Morgan fingerprint density at radius 1 is 1.26 bits per heavy atom. The van der Waals surface area contributed by atoms with E-state index in [2.05, 4.69) is 17.2 Å². The first kappa shape index (κ1) is 22.3. The van der Waals surface area contributed by atoms with E-state index in [4.69, 9.17) is 14.5 Å². The van der Waals surface area contributed by atoms with Crippen molar-refractivity contribution < 1.29 is 14.3 Å². The Bertz CT molecular complexity index is 1360. The van der Waals surface area contributed by atoms with E-state index in [0.717, 1.165) is 44.2 Å². The molecule has 1 aliphatic heterocycles. The molecular weight excluding hydrogens is 446 g/mol. The Hall–Kier alpha value is -3.20. The minimum atomic E-state index is -0.440. The molecule has 1 amide bonds. The van der Waals surface area contributed by atoms with Crippen molar-refractivity contribution >= 4 is 17.4 Å². The molecule has 2 saturated carbocycles. The van der Waals surface area contributed by atoms with Gasteiger partial charge in [0.1, 0.15) is 11.3 Å². The van der Waals surface area contributed by atoms with Crippen LogP contribution in [0.1, 0.15) is 81.4 Å². The number of rotatable bonds is 6. The van der Waals surface area contributed by atoms with E-state index in [9.17, 15) is 9.59 Å². The van der Waals surface area contributed by atoms with Gasteiger partial charge in [-0.3, -0.25) is 14.0 Å². The zero-order chi connectivity index (χ0) is 24.4. The summed E-state index contributed by atoms with van der Waals surface area (Å²) < 4.78 is 15.5. The predicted octanol–water partition coefficient (Wildman–Crippen LogP) is 3.87. The molecule has 0 unspecified atom stereocenters. The van der Waals surface area contributed by atoms with Crippen LogP contribution in [0.25, 0.3) is 5.78 Å². The monoisotopic (exact) mass is 477 g/mol. The number of nitrogens with zero attached hydrogens (tertiary/aromatic N) is 4. The Morgan fingerprint density at radius 2 is 2.09 bits per heavy atom. The third kappa shape index (κ3) is 3.73. The van der Waals surface area contributed by atoms with E-state index in [1.807, 2.05) is 20.0 Å². The summed E-state index contributed by atoms with van der Waals surface area (Å²) in [6.07, 6.45) is 11.3. The fourth-order valence-corrected chi connectivity index (χ4v) is 5.63. The average molecular weight is 478 g/mol. The SMILES string of the molecule is CC(C)Oc1nc2nc([C@@]34CC[C@@](C)(C3)OC4)cn2cc1C(=O)Nc1cccn(C2CCC2)c1=O. The van der Waals surface area contributed by atoms with Gasteiger partial charge < -0.3 is 19.4 Å². The first-order valence-electron chi connectivity index (χ1n) is 12.5. The van der Waals surface area contributed by atoms with Gasteiger partial charge in [0.05, 0.1) is 24.0 Å². The number of hydrogen-bond acceptors (Lipinski definition) is 6. The van der Waals surface area contributed by atoms with Crippen LogP contribution in [0.2, 0.25) is 0 Å². The molecule has 2 atom stereocenters. The normalized spacial score (nSPS) is 25.8.